The molecule has 0 spiro atoms. The molecule has 2 atom stereocenters. The maximum absolute atomic E-state index is 10.8. The van der Waals surface area contributed by atoms with Crippen LogP contribution in [0.15, 0.2) is 29.2 Å². The molecule has 10 heavy (non-hydrogen) atoms. The van der Waals surface area contributed by atoms with Crippen LogP contribution in [0.2, 0.25) is 5.02 Å². The standard InChI is InChI=1S/C6H6ClOPS/c7-5-1-3-6(4-2-5)10(8)9/h1-4H,9H2. The third-order valence-electron chi connectivity index (χ3n) is 1.05. The van der Waals surface area contributed by atoms with E-state index in [0.29, 0.717) is 5.02 Å². The lowest BCUT2D eigenvalue weighted by atomic mass is 10.4. The zero-order valence-corrected chi connectivity index (χ0v) is 7.81. The van der Waals surface area contributed by atoms with Gasteiger partial charge in [-0.25, -0.2) is 0 Å². The van der Waals surface area contributed by atoms with E-state index in [1.54, 1.807) is 24.3 Å². The molecule has 1 nitrogen and oxygen atoms in total. The molecular formula is C6H6ClOPS. The van der Waals surface area contributed by atoms with Crippen molar-refractivity contribution in [3.63, 3.8) is 0 Å². The summed E-state index contributed by atoms with van der Waals surface area (Å²) in [5.74, 6) is 0. The summed E-state index contributed by atoms with van der Waals surface area (Å²) in [6, 6.07) is 6.93. The molecule has 0 radical (unpaired) electrons. The van der Waals surface area contributed by atoms with Gasteiger partial charge in [-0.15, -0.1) is 0 Å². The Morgan fingerprint density at radius 2 is 1.80 bits per heavy atom. The average Bonchev–Trinajstić information content (AvgIpc) is 1.88. The Hall–Kier alpha value is 0.250. The van der Waals surface area contributed by atoms with E-state index in [4.69, 9.17) is 11.6 Å². The van der Waals surface area contributed by atoms with Gasteiger partial charge in [0.15, 0.2) is 4.90 Å². The van der Waals surface area contributed by atoms with Crippen LogP contribution in [0.3, 0.4) is 0 Å². The number of benzene rings is 1. The van der Waals surface area contributed by atoms with Gasteiger partial charge in [0.25, 0.3) is 0 Å². The van der Waals surface area contributed by atoms with Crippen molar-refractivity contribution >= 4 is 30.8 Å². The first kappa shape index (κ1) is 8.35. The van der Waals surface area contributed by atoms with Crippen molar-refractivity contribution in [1.29, 1.82) is 0 Å². The summed E-state index contributed by atoms with van der Waals surface area (Å²) in [7, 11) is 1.24. The molecule has 1 rings (SSSR count). The minimum Gasteiger partial charge on any atom is -0.610 e. The summed E-state index contributed by atoms with van der Waals surface area (Å²) < 4.78 is 10.8. The normalized spacial score (nSPS) is 13.1. The zero-order chi connectivity index (χ0) is 7.56. The lowest BCUT2D eigenvalue weighted by molar-refractivity contribution is 0.609. The highest BCUT2D eigenvalue weighted by Crippen LogP contribution is 2.18. The molecule has 0 fully saturated rings. The van der Waals surface area contributed by atoms with Gasteiger partial charge in [0, 0.05) is 5.02 Å². The molecule has 0 saturated carbocycles. The van der Waals surface area contributed by atoms with Crippen LogP contribution in [0, 0.1) is 0 Å². The van der Waals surface area contributed by atoms with Crippen molar-refractivity contribution in [3.05, 3.63) is 29.3 Å². The average molecular weight is 193 g/mol. The lowest BCUT2D eigenvalue weighted by Gasteiger charge is -2.01. The second kappa shape index (κ2) is 3.59. The van der Waals surface area contributed by atoms with E-state index in [-0.39, 0.29) is 0 Å². The van der Waals surface area contributed by atoms with Crippen molar-refractivity contribution in [2.24, 2.45) is 0 Å². The highest BCUT2D eigenvalue weighted by atomic mass is 35.5. The van der Waals surface area contributed by atoms with Crippen LogP contribution in [0.4, 0.5) is 0 Å². The number of hydrogen-bond acceptors (Lipinski definition) is 1. The summed E-state index contributed by atoms with van der Waals surface area (Å²) in [6.45, 7) is 0. The molecule has 1 aromatic carbocycles. The van der Waals surface area contributed by atoms with Crippen LogP contribution in [0.1, 0.15) is 0 Å². The van der Waals surface area contributed by atoms with Gasteiger partial charge >= 0.3 is 0 Å². The summed E-state index contributed by atoms with van der Waals surface area (Å²) in [5, 5.41) is 0.666. The quantitative estimate of drug-likeness (QED) is 0.494. The molecule has 0 aromatic heterocycles. The first-order valence-electron chi connectivity index (χ1n) is 2.62. The summed E-state index contributed by atoms with van der Waals surface area (Å²) in [4.78, 5) is 0.773. The van der Waals surface area contributed by atoms with Gasteiger partial charge in [-0.2, -0.15) is 0 Å². The molecule has 0 N–H and O–H groups in total. The van der Waals surface area contributed by atoms with Crippen molar-refractivity contribution in [2.75, 3.05) is 0 Å². The fourth-order valence-electron chi connectivity index (χ4n) is 0.569. The Labute approximate surface area is 69.9 Å². The molecule has 0 aliphatic carbocycles. The minimum atomic E-state index is -0.979. The highest BCUT2D eigenvalue weighted by molar-refractivity contribution is 8.37. The molecule has 54 valence electrons. The van der Waals surface area contributed by atoms with Gasteiger partial charge in [0.2, 0.25) is 0 Å². The minimum absolute atomic E-state index is 0.666. The Morgan fingerprint density at radius 3 is 2.20 bits per heavy atom. The van der Waals surface area contributed by atoms with Crippen molar-refractivity contribution in [1.82, 2.24) is 0 Å². The fourth-order valence-corrected chi connectivity index (χ4v) is 1.57. The van der Waals surface area contributed by atoms with Gasteiger partial charge in [0.05, 0.1) is 8.44 Å². The van der Waals surface area contributed by atoms with Gasteiger partial charge in [-0.05, 0) is 35.1 Å². The fraction of sp³-hybridized carbons (Fsp3) is 0. The third kappa shape index (κ3) is 2.14. The van der Waals surface area contributed by atoms with Crippen LogP contribution < -0.4 is 0 Å². The van der Waals surface area contributed by atoms with E-state index in [1.807, 2.05) is 0 Å². The van der Waals surface area contributed by atoms with Crippen molar-refractivity contribution in [2.45, 2.75) is 4.90 Å². The maximum atomic E-state index is 10.8. The molecule has 0 aliphatic rings. The van der Waals surface area contributed by atoms with E-state index in [1.165, 1.54) is 0 Å². The molecule has 2 unspecified atom stereocenters. The Kier molecular flexibility index (Phi) is 2.99. The van der Waals surface area contributed by atoms with E-state index in [0.717, 1.165) is 4.90 Å². The molecule has 0 heterocycles. The predicted molar refractivity (Wildman–Crippen MR) is 47.6 cm³/mol. The van der Waals surface area contributed by atoms with Gasteiger partial charge in [-0.1, -0.05) is 11.6 Å². The molecule has 0 aliphatic heterocycles. The lowest BCUT2D eigenvalue weighted by Crippen LogP contribution is -1.87. The number of hydrogen-bond donors (Lipinski definition) is 0. The van der Waals surface area contributed by atoms with E-state index < -0.39 is 10.8 Å². The number of rotatable bonds is 1. The molecule has 4 heteroatoms. The Bertz CT molecular complexity index is 211. The monoisotopic (exact) mass is 192 g/mol. The zero-order valence-electron chi connectivity index (χ0n) is 5.08. The first-order chi connectivity index (χ1) is 4.70. The van der Waals surface area contributed by atoms with Crippen LogP contribution in [0.25, 0.3) is 0 Å². The topological polar surface area (TPSA) is 23.1 Å². The molecular weight excluding hydrogens is 187 g/mol. The van der Waals surface area contributed by atoms with Crippen LogP contribution in [-0.4, -0.2) is 4.55 Å². The largest absolute Gasteiger partial charge is 0.610 e. The highest BCUT2D eigenvalue weighted by Gasteiger charge is 2.01. The Morgan fingerprint density at radius 1 is 1.30 bits per heavy atom. The first-order valence-corrected chi connectivity index (χ1v) is 5.62. The summed E-state index contributed by atoms with van der Waals surface area (Å²) >= 11 is 5.61. The molecule has 0 saturated heterocycles. The smallest absolute Gasteiger partial charge is 0.154 e. The second-order valence-electron chi connectivity index (χ2n) is 1.75. The predicted octanol–water partition coefficient (Wildman–Crippen LogP) is 2.24. The number of halogens is 1. The van der Waals surface area contributed by atoms with Gasteiger partial charge < -0.3 is 4.55 Å². The summed E-state index contributed by atoms with van der Waals surface area (Å²) in [6.07, 6.45) is 0. The van der Waals surface area contributed by atoms with Crippen LogP contribution in [-0.2, 0) is 10.8 Å². The molecule has 0 amide bonds. The molecule has 1 aromatic rings. The maximum Gasteiger partial charge on any atom is 0.154 e. The van der Waals surface area contributed by atoms with E-state index in [2.05, 4.69) is 8.44 Å². The van der Waals surface area contributed by atoms with Crippen LogP contribution >= 0.6 is 20.0 Å². The summed E-state index contributed by atoms with van der Waals surface area (Å²) in [5.41, 5.74) is 0. The van der Waals surface area contributed by atoms with Crippen LogP contribution in [0.5, 0.6) is 0 Å². The van der Waals surface area contributed by atoms with Crippen molar-refractivity contribution < 1.29 is 4.55 Å². The molecule has 0 bridgehead atoms. The second-order valence-corrected chi connectivity index (χ2v) is 4.54. The van der Waals surface area contributed by atoms with Gasteiger partial charge in [-0.3, -0.25) is 0 Å². The SMILES string of the molecule is [O-][S+](P)c1ccc(Cl)cc1. The van der Waals surface area contributed by atoms with E-state index >= 15 is 0 Å². The third-order valence-corrected chi connectivity index (χ3v) is 2.85. The van der Waals surface area contributed by atoms with Gasteiger partial charge in [0.1, 0.15) is 0 Å². The Balaban J connectivity index is 2.89. The van der Waals surface area contributed by atoms with E-state index in [9.17, 15) is 4.55 Å². The van der Waals surface area contributed by atoms with Crippen molar-refractivity contribution in [3.8, 4) is 0 Å².